The van der Waals surface area contributed by atoms with Crippen LogP contribution in [0.5, 0.6) is 0 Å². The van der Waals surface area contributed by atoms with Crippen molar-refractivity contribution in [3.8, 4) is 0 Å². The third kappa shape index (κ3) is 4.07. The van der Waals surface area contributed by atoms with Gasteiger partial charge in [-0.2, -0.15) is 8.42 Å². The molecule has 1 aliphatic carbocycles. The lowest BCUT2D eigenvalue weighted by Crippen LogP contribution is -2.14. The quantitative estimate of drug-likeness (QED) is 0.536. The molecule has 0 aromatic heterocycles. The Balaban J connectivity index is 2.40. The summed E-state index contributed by atoms with van der Waals surface area (Å²) in [5.74, 6) is 0.162. The molecule has 0 radical (unpaired) electrons. The minimum absolute atomic E-state index is 0.0347. The summed E-state index contributed by atoms with van der Waals surface area (Å²) < 4.78 is 29.8. The van der Waals surface area contributed by atoms with E-state index >= 15 is 0 Å². The first-order chi connectivity index (χ1) is 5.58. The summed E-state index contributed by atoms with van der Waals surface area (Å²) in [6.45, 7) is 0. The van der Waals surface area contributed by atoms with Crippen LogP contribution < -0.4 is 0 Å². The van der Waals surface area contributed by atoms with Gasteiger partial charge in [-0.25, -0.2) is 0 Å². The van der Waals surface area contributed by atoms with E-state index in [0.29, 0.717) is 0 Å². The number of rotatable bonds is 2. The zero-order valence-electron chi connectivity index (χ0n) is 7.20. The molecular formula is C8H16O3S. The minimum atomic E-state index is -3.74. The highest BCUT2D eigenvalue weighted by molar-refractivity contribution is 7.85. The van der Waals surface area contributed by atoms with Crippen molar-refractivity contribution in [1.82, 2.24) is 0 Å². The molecule has 3 nitrogen and oxygen atoms in total. The lowest BCUT2D eigenvalue weighted by atomic mass is 10.0. The summed E-state index contributed by atoms with van der Waals surface area (Å²) in [6, 6.07) is 0. The Morgan fingerprint density at radius 3 is 2.00 bits per heavy atom. The monoisotopic (exact) mass is 192 g/mol. The Bertz CT molecular complexity index is 212. The van der Waals surface area contributed by atoms with E-state index < -0.39 is 10.1 Å². The van der Waals surface area contributed by atoms with Gasteiger partial charge < -0.3 is 0 Å². The molecule has 0 bridgehead atoms. The molecule has 0 unspecified atom stereocenters. The Morgan fingerprint density at radius 2 is 1.58 bits per heavy atom. The van der Waals surface area contributed by atoms with Gasteiger partial charge in [0.15, 0.2) is 0 Å². The SMILES string of the molecule is O=S(=O)(O)CC1CCCCCC1. The predicted molar refractivity (Wildman–Crippen MR) is 47.6 cm³/mol. The van der Waals surface area contributed by atoms with Crippen LogP contribution in [-0.2, 0) is 10.1 Å². The summed E-state index contributed by atoms with van der Waals surface area (Å²) in [7, 11) is -3.74. The second kappa shape index (κ2) is 4.23. The molecule has 4 heteroatoms. The summed E-state index contributed by atoms with van der Waals surface area (Å²) in [5, 5.41) is 0. The van der Waals surface area contributed by atoms with E-state index in [2.05, 4.69) is 0 Å². The van der Waals surface area contributed by atoms with Crippen molar-refractivity contribution in [1.29, 1.82) is 0 Å². The average Bonchev–Trinajstić information content (AvgIpc) is 2.12. The smallest absolute Gasteiger partial charge is 0.265 e. The van der Waals surface area contributed by atoms with E-state index in [9.17, 15) is 8.42 Å². The molecule has 12 heavy (non-hydrogen) atoms. The molecule has 1 saturated carbocycles. The molecule has 0 atom stereocenters. The maximum atomic E-state index is 10.6. The third-order valence-electron chi connectivity index (χ3n) is 2.42. The van der Waals surface area contributed by atoms with Gasteiger partial charge in [0.25, 0.3) is 10.1 Å². The lowest BCUT2D eigenvalue weighted by molar-refractivity contribution is 0.444. The molecule has 1 N–H and O–H groups in total. The van der Waals surface area contributed by atoms with E-state index in [4.69, 9.17) is 4.55 Å². The van der Waals surface area contributed by atoms with Gasteiger partial charge in [-0.3, -0.25) is 4.55 Å². The van der Waals surface area contributed by atoms with Gasteiger partial charge in [-0.1, -0.05) is 25.7 Å². The van der Waals surface area contributed by atoms with Crippen molar-refractivity contribution >= 4 is 10.1 Å². The maximum Gasteiger partial charge on any atom is 0.265 e. The fourth-order valence-electron chi connectivity index (χ4n) is 1.83. The van der Waals surface area contributed by atoms with Crippen LogP contribution in [0.4, 0.5) is 0 Å². The molecule has 0 aromatic carbocycles. The van der Waals surface area contributed by atoms with Crippen molar-refractivity contribution < 1.29 is 13.0 Å². The molecule has 0 saturated heterocycles. The van der Waals surface area contributed by atoms with Crippen LogP contribution in [0.3, 0.4) is 0 Å². The first kappa shape index (κ1) is 9.99. The highest BCUT2D eigenvalue weighted by Gasteiger charge is 2.17. The molecule has 0 aromatic rings. The summed E-state index contributed by atoms with van der Waals surface area (Å²) in [6.07, 6.45) is 6.56. The predicted octanol–water partition coefficient (Wildman–Crippen LogP) is 1.84. The molecule has 1 aliphatic rings. The molecule has 0 spiro atoms. The summed E-state index contributed by atoms with van der Waals surface area (Å²) in [4.78, 5) is 0. The second-order valence-corrected chi connectivity index (χ2v) is 5.10. The van der Waals surface area contributed by atoms with Crippen molar-refractivity contribution in [2.24, 2.45) is 5.92 Å². The van der Waals surface area contributed by atoms with Crippen LogP contribution in [-0.4, -0.2) is 18.7 Å². The van der Waals surface area contributed by atoms with Gasteiger partial charge in [0.05, 0.1) is 5.75 Å². The van der Waals surface area contributed by atoms with Crippen molar-refractivity contribution in [3.05, 3.63) is 0 Å². The topological polar surface area (TPSA) is 54.4 Å². The first-order valence-corrected chi connectivity index (χ1v) is 6.14. The highest BCUT2D eigenvalue weighted by atomic mass is 32.2. The molecule has 0 aliphatic heterocycles. The molecule has 1 rings (SSSR count). The Morgan fingerprint density at radius 1 is 1.08 bits per heavy atom. The molecule has 72 valence electrons. The largest absolute Gasteiger partial charge is 0.286 e. The normalized spacial score (nSPS) is 22.1. The molecule has 0 heterocycles. The third-order valence-corrected chi connectivity index (χ3v) is 3.31. The second-order valence-electron chi connectivity index (χ2n) is 3.61. The average molecular weight is 192 g/mol. The van der Waals surface area contributed by atoms with Gasteiger partial charge in [0.1, 0.15) is 0 Å². The number of hydrogen-bond donors (Lipinski definition) is 1. The Kier molecular flexibility index (Phi) is 3.53. The van der Waals surface area contributed by atoms with Crippen LogP contribution in [0.1, 0.15) is 38.5 Å². The van der Waals surface area contributed by atoms with Crippen molar-refractivity contribution in [2.45, 2.75) is 38.5 Å². The lowest BCUT2D eigenvalue weighted by Gasteiger charge is -2.10. The number of hydrogen-bond acceptors (Lipinski definition) is 2. The van der Waals surface area contributed by atoms with Gasteiger partial charge in [-0.05, 0) is 18.8 Å². The van der Waals surface area contributed by atoms with E-state index in [1.165, 1.54) is 12.8 Å². The van der Waals surface area contributed by atoms with Crippen LogP contribution in [0.2, 0.25) is 0 Å². The zero-order chi connectivity index (χ0) is 9.03. The maximum absolute atomic E-state index is 10.6. The van der Waals surface area contributed by atoms with Gasteiger partial charge in [-0.15, -0.1) is 0 Å². The van der Waals surface area contributed by atoms with E-state index in [1.54, 1.807) is 0 Å². The fraction of sp³-hybridized carbons (Fsp3) is 1.00. The minimum Gasteiger partial charge on any atom is -0.286 e. The van der Waals surface area contributed by atoms with Crippen LogP contribution in [0.25, 0.3) is 0 Å². The highest BCUT2D eigenvalue weighted by Crippen LogP contribution is 2.23. The van der Waals surface area contributed by atoms with Gasteiger partial charge in [0.2, 0.25) is 0 Å². The fourth-order valence-corrected chi connectivity index (χ4v) is 2.76. The van der Waals surface area contributed by atoms with Crippen LogP contribution >= 0.6 is 0 Å². The van der Waals surface area contributed by atoms with E-state index in [1.807, 2.05) is 0 Å². The van der Waals surface area contributed by atoms with Crippen molar-refractivity contribution in [3.63, 3.8) is 0 Å². The molecular weight excluding hydrogens is 176 g/mol. The van der Waals surface area contributed by atoms with Crippen LogP contribution in [0, 0.1) is 5.92 Å². The molecule has 1 fully saturated rings. The Labute approximate surface area is 73.9 Å². The van der Waals surface area contributed by atoms with Crippen LogP contribution in [0.15, 0.2) is 0 Å². The first-order valence-electron chi connectivity index (χ1n) is 4.53. The standard InChI is InChI=1S/C8H16O3S/c9-12(10,11)7-8-5-3-1-2-4-6-8/h8H,1-7H2,(H,9,10,11). The Hall–Kier alpha value is -0.0900. The van der Waals surface area contributed by atoms with Crippen molar-refractivity contribution in [2.75, 3.05) is 5.75 Å². The van der Waals surface area contributed by atoms with E-state index in [-0.39, 0.29) is 11.7 Å². The van der Waals surface area contributed by atoms with Gasteiger partial charge >= 0.3 is 0 Å². The molecule has 0 amide bonds. The van der Waals surface area contributed by atoms with E-state index in [0.717, 1.165) is 25.7 Å². The summed E-state index contributed by atoms with van der Waals surface area (Å²) in [5.41, 5.74) is 0. The zero-order valence-corrected chi connectivity index (χ0v) is 8.02. The van der Waals surface area contributed by atoms with Gasteiger partial charge in [0, 0.05) is 0 Å². The summed E-state index contributed by atoms with van der Waals surface area (Å²) >= 11 is 0.